The zero-order valence-electron chi connectivity index (χ0n) is 9.00. The number of carbonyl (C=O) groups excluding carboxylic acids is 1. The monoisotopic (exact) mass is 184 g/mol. The highest BCUT2D eigenvalue weighted by molar-refractivity contribution is 5.76. The van der Waals surface area contributed by atoms with E-state index in [1.54, 1.807) is 0 Å². The second kappa shape index (κ2) is 3.99. The van der Waals surface area contributed by atoms with E-state index in [9.17, 15) is 4.79 Å². The van der Waals surface area contributed by atoms with Crippen LogP contribution in [0.25, 0.3) is 0 Å². The number of carbonyl (C=O) groups is 1. The molecule has 3 unspecified atom stereocenters. The number of nitrogens with zero attached hydrogens (tertiary/aromatic N) is 1. The normalized spacial score (nSPS) is 29.4. The van der Waals surface area contributed by atoms with Gasteiger partial charge in [-0.15, -0.1) is 0 Å². The van der Waals surface area contributed by atoms with Crippen LogP contribution in [0, 0.1) is 0 Å². The van der Waals surface area contributed by atoms with Crippen LogP contribution in [0.2, 0.25) is 0 Å². The molecule has 1 heterocycles. The molecule has 1 rings (SSSR count). The van der Waals surface area contributed by atoms with Gasteiger partial charge in [0.2, 0.25) is 0 Å². The largest absolute Gasteiger partial charge is 0.336 e. The van der Waals surface area contributed by atoms with E-state index in [2.05, 4.69) is 26.1 Å². The molecule has 1 aliphatic heterocycles. The summed E-state index contributed by atoms with van der Waals surface area (Å²) in [5.41, 5.74) is 0. The summed E-state index contributed by atoms with van der Waals surface area (Å²) in [6.07, 6.45) is 2.12. The van der Waals surface area contributed by atoms with Crippen LogP contribution in [-0.4, -0.2) is 29.1 Å². The van der Waals surface area contributed by atoms with Gasteiger partial charge in [-0.2, -0.15) is 0 Å². The van der Waals surface area contributed by atoms with Crippen molar-refractivity contribution in [3.63, 3.8) is 0 Å². The summed E-state index contributed by atoms with van der Waals surface area (Å²) < 4.78 is 0. The van der Waals surface area contributed by atoms with Crippen LogP contribution in [0.3, 0.4) is 0 Å². The van der Waals surface area contributed by atoms with Crippen molar-refractivity contribution in [2.24, 2.45) is 0 Å². The van der Waals surface area contributed by atoms with E-state index in [0.29, 0.717) is 12.1 Å². The zero-order valence-corrected chi connectivity index (χ0v) is 9.00. The molecule has 0 radical (unpaired) electrons. The first-order chi connectivity index (χ1) is 6.06. The molecule has 1 N–H and O–H groups in total. The van der Waals surface area contributed by atoms with Crippen LogP contribution in [0.1, 0.15) is 40.5 Å². The number of nitrogens with one attached hydrogen (secondary N) is 1. The van der Waals surface area contributed by atoms with Crippen molar-refractivity contribution in [2.75, 3.05) is 0 Å². The smallest absolute Gasteiger partial charge is 0.318 e. The summed E-state index contributed by atoms with van der Waals surface area (Å²) in [6.45, 7) is 8.30. The van der Waals surface area contributed by atoms with Crippen LogP contribution < -0.4 is 5.32 Å². The van der Waals surface area contributed by atoms with Crippen LogP contribution >= 0.6 is 0 Å². The molecule has 1 saturated heterocycles. The van der Waals surface area contributed by atoms with Crippen molar-refractivity contribution in [3.05, 3.63) is 0 Å². The molecular weight excluding hydrogens is 164 g/mol. The van der Waals surface area contributed by atoms with Crippen molar-refractivity contribution < 1.29 is 4.79 Å². The Morgan fingerprint density at radius 1 is 1.54 bits per heavy atom. The predicted molar refractivity (Wildman–Crippen MR) is 53.7 cm³/mol. The van der Waals surface area contributed by atoms with E-state index in [4.69, 9.17) is 0 Å². The van der Waals surface area contributed by atoms with Crippen LogP contribution in [0.15, 0.2) is 0 Å². The number of hydrogen-bond acceptors (Lipinski definition) is 1. The first kappa shape index (κ1) is 10.4. The maximum atomic E-state index is 11.6. The summed E-state index contributed by atoms with van der Waals surface area (Å²) in [5.74, 6) is 0. The average Bonchev–Trinajstić information content (AvgIpc) is 2.03. The Morgan fingerprint density at radius 2 is 2.08 bits per heavy atom. The Bertz CT molecular complexity index is 185. The molecule has 3 atom stereocenters. The lowest BCUT2D eigenvalue weighted by atomic mass is 9.96. The van der Waals surface area contributed by atoms with Gasteiger partial charge in [0.05, 0.1) is 0 Å². The first-order valence-electron chi connectivity index (χ1n) is 5.15. The van der Waals surface area contributed by atoms with Gasteiger partial charge >= 0.3 is 6.03 Å². The summed E-state index contributed by atoms with van der Waals surface area (Å²) in [6, 6.07) is 1.21. The average molecular weight is 184 g/mol. The maximum Gasteiger partial charge on any atom is 0.318 e. The number of likely N-dealkylation sites (tertiary alicyclic amines) is 1. The predicted octanol–water partition coefficient (Wildman–Crippen LogP) is 1.98. The van der Waals surface area contributed by atoms with Gasteiger partial charge in [0.1, 0.15) is 0 Å². The molecule has 0 spiro atoms. The fraction of sp³-hybridized carbons (Fsp3) is 0.900. The molecule has 0 bridgehead atoms. The Labute approximate surface area is 80.5 Å². The van der Waals surface area contributed by atoms with E-state index < -0.39 is 0 Å². The van der Waals surface area contributed by atoms with Crippen molar-refractivity contribution in [2.45, 2.75) is 58.7 Å². The molecule has 1 aliphatic rings. The Hall–Kier alpha value is -0.730. The molecule has 0 saturated carbocycles. The van der Waals surface area contributed by atoms with Crippen molar-refractivity contribution in [3.8, 4) is 0 Å². The number of hydrogen-bond donors (Lipinski definition) is 1. The maximum absolute atomic E-state index is 11.6. The lowest BCUT2D eigenvalue weighted by molar-refractivity contribution is 0.0717. The molecule has 0 aromatic rings. The quantitative estimate of drug-likeness (QED) is 0.699. The van der Waals surface area contributed by atoms with Gasteiger partial charge in [0.25, 0.3) is 0 Å². The first-order valence-corrected chi connectivity index (χ1v) is 5.15. The molecule has 3 nitrogen and oxygen atoms in total. The Balaban J connectivity index is 2.39. The Kier molecular flexibility index (Phi) is 3.17. The van der Waals surface area contributed by atoms with E-state index in [1.165, 1.54) is 0 Å². The molecule has 76 valence electrons. The van der Waals surface area contributed by atoms with Crippen LogP contribution in [-0.2, 0) is 0 Å². The van der Waals surface area contributed by atoms with E-state index >= 15 is 0 Å². The lowest BCUT2D eigenvalue weighted by Crippen LogP contribution is -2.59. The SMILES string of the molecule is CCC(C)NC(=O)N1C(C)CC1C. The highest BCUT2D eigenvalue weighted by Gasteiger charge is 2.35. The van der Waals surface area contributed by atoms with Gasteiger partial charge in [0, 0.05) is 18.1 Å². The van der Waals surface area contributed by atoms with Gasteiger partial charge in [0.15, 0.2) is 0 Å². The Morgan fingerprint density at radius 3 is 2.46 bits per heavy atom. The summed E-state index contributed by atoms with van der Waals surface area (Å²) in [5, 5.41) is 2.98. The van der Waals surface area contributed by atoms with Gasteiger partial charge in [-0.25, -0.2) is 4.79 Å². The zero-order chi connectivity index (χ0) is 10.0. The highest BCUT2D eigenvalue weighted by atomic mass is 16.2. The lowest BCUT2D eigenvalue weighted by Gasteiger charge is -2.45. The third-order valence-electron chi connectivity index (χ3n) is 2.85. The van der Waals surface area contributed by atoms with Gasteiger partial charge < -0.3 is 10.2 Å². The van der Waals surface area contributed by atoms with Crippen molar-refractivity contribution in [1.82, 2.24) is 10.2 Å². The third-order valence-corrected chi connectivity index (χ3v) is 2.85. The third kappa shape index (κ3) is 2.14. The van der Waals surface area contributed by atoms with Crippen LogP contribution in [0.5, 0.6) is 0 Å². The van der Waals surface area contributed by atoms with E-state index in [0.717, 1.165) is 12.8 Å². The molecule has 13 heavy (non-hydrogen) atoms. The fourth-order valence-electron chi connectivity index (χ4n) is 1.80. The van der Waals surface area contributed by atoms with Crippen LogP contribution in [0.4, 0.5) is 4.79 Å². The summed E-state index contributed by atoms with van der Waals surface area (Å²) in [4.78, 5) is 13.6. The number of urea groups is 1. The van der Waals surface area contributed by atoms with Gasteiger partial charge in [-0.1, -0.05) is 6.92 Å². The molecule has 2 amide bonds. The second-order valence-corrected chi connectivity index (χ2v) is 4.10. The molecule has 1 fully saturated rings. The minimum absolute atomic E-state index is 0.0978. The second-order valence-electron chi connectivity index (χ2n) is 4.10. The van der Waals surface area contributed by atoms with E-state index in [1.807, 2.05) is 11.8 Å². The summed E-state index contributed by atoms with van der Waals surface area (Å²) >= 11 is 0. The van der Waals surface area contributed by atoms with Gasteiger partial charge in [-0.05, 0) is 33.6 Å². The minimum atomic E-state index is 0.0978. The molecule has 0 aromatic heterocycles. The topological polar surface area (TPSA) is 32.3 Å². The molecule has 0 aromatic carbocycles. The van der Waals surface area contributed by atoms with Gasteiger partial charge in [-0.3, -0.25) is 0 Å². The standard InChI is InChI=1S/C10H20N2O/c1-5-7(2)11-10(13)12-8(3)6-9(12)4/h7-9H,5-6H2,1-4H3,(H,11,13). The fourth-order valence-corrected chi connectivity index (χ4v) is 1.80. The van der Waals surface area contributed by atoms with Crippen molar-refractivity contribution >= 4 is 6.03 Å². The highest BCUT2D eigenvalue weighted by Crippen LogP contribution is 2.24. The molecule has 0 aliphatic carbocycles. The molecular formula is C10H20N2O. The summed E-state index contributed by atoms with van der Waals surface area (Å²) in [7, 11) is 0. The number of amides is 2. The van der Waals surface area contributed by atoms with E-state index in [-0.39, 0.29) is 12.1 Å². The minimum Gasteiger partial charge on any atom is -0.336 e. The number of rotatable bonds is 2. The molecule has 3 heteroatoms. The van der Waals surface area contributed by atoms with Crippen molar-refractivity contribution in [1.29, 1.82) is 0 Å².